The molecule has 0 radical (unpaired) electrons. The standard InChI is InChI=1S/C40H76NO8P/c1-3-5-7-9-11-13-15-17-19-21-23-25-27-29-31-33-40(43)49-38(37-48-50(44,45)47-35-34-41)36-46-39(42)32-30-28-26-24-22-20-18-16-14-12-10-8-6-4-2/h21,23,27,29,38H,3-20,22,24-26,28,30-37,41H2,1-2H3,(H,44,45)/b23-21-,29-27-. The van der Waals surface area contributed by atoms with Crippen molar-refractivity contribution in [3.63, 3.8) is 0 Å². The van der Waals surface area contributed by atoms with Crippen LogP contribution in [0.2, 0.25) is 0 Å². The topological polar surface area (TPSA) is 134 Å². The van der Waals surface area contributed by atoms with E-state index in [1.165, 1.54) is 122 Å². The Balaban J connectivity index is 4.25. The summed E-state index contributed by atoms with van der Waals surface area (Å²) < 4.78 is 32.6. The van der Waals surface area contributed by atoms with Crippen LogP contribution in [0, 0.1) is 0 Å². The van der Waals surface area contributed by atoms with Crippen LogP contribution in [0.25, 0.3) is 0 Å². The molecular formula is C40H76NO8P. The molecule has 9 nitrogen and oxygen atoms in total. The lowest BCUT2D eigenvalue weighted by atomic mass is 10.0. The second-order valence-electron chi connectivity index (χ2n) is 13.5. The van der Waals surface area contributed by atoms with Crippen molar-refractivity contribution in [1.29, 1.82) is 0 Å². The number of rotatable bonds is 38. The highest BCUT2D eigenvalue weighted by Crippen LogP contribution is 2.43. The van der Waals surface area contributed by atoms with E-state index < -0.39 is 32.5 Å². The fraction of sp³-hybridized carbons (Fsp3) is 0.850. The van der Waals surface area contributed by atoms with E-state index in [1.54, 1.807) is 0 Å². The van der Waals surface area contributed by atoms with Crippen LogP contribution in [0.1, 0.15) is 187 Å². The molecule has 3 N–H and O–H groups in total. The molecule has 0 amide bonds. The number of hydrogen-bond donors (Lipinski definition) is 2. The number of esters is 2. The molecule has 294 valence electrons. The zero-order valence-electron chi connectivity index (χ0n) is 32.1. The first-order valence-corrected chi connectivity index (χ1v) is 21.8. The van der Waals surface area contributed by atoms with Crippen LogP contribution in [0.4, 0.5) is 0 Å². The number of ether oxygens (including phenoxy) is 2. The van der Waals surface area contributed by atoms with E-state index in [2.05, 4.69) is 26.0 Å². The van der Waals surface area contributed by atoms with Crippen LogP contribution in [-0.4, -0.2) is 49.3 Å². The molecule has 0 saturated heterocycles. The molecule has 50 heavy (non-hydrogen) atoms. The van der Waals surface area contributed by atoms with Crippen LogP contribution in [0.15, 0.2) is 24.3 Å². The normalized spacial score (nSPS) is 13.6. The summed E-state index contributed by atoms with van der Waals surface area (Å²) in [4.78, 5) is 34.7. The van der Waals surface area contributed by atoms with Crippen LogP contribution in [0.5, 0.6) is 0 Å². The Kier molecular flexibility index (Phi) is 36.1. The fourth-order valence-corrected chi connectivity index (χ4v) is 6.33. The summed E-state index contributed by atoms with van der Waals surface area (Å²) in [5.74, 6) is -0.901. The second kappa shape index (κ2) is 37.3. The summed E-state index contributed by atoms with van der Waals surface area (Å²) in [5.41, 5.74) is 5.33. The van der Waals surface area contributed by atoms with Gasteiger partial charge in [-0.25, -0.2) is 4.57 Å². The van der Waals surface area contributed by atoms with Gasteiger partial charge in [0.15, 0.2) is 6.10 Å². The van der Waals surface area contributed by atoms with Gasteiger partial charge in [0.25, 0.3) is 0 Å². The zero-order chi connectivity index (χ0) is 36.8. The van der Waals surface area contributed by atoms with Gasteiger partial charge in [-0.3, -0.25) is 18.6 Å². The van der Waals surface area contributed by atoms with Gasteiger partial charge in [-0.1, -0.05) is 167 Å². The summed E-state index contributed by atoms with van der Waals surface area (Å²) in [6, 6.07) is 0. The lowest BCUT2D eigenvalue weighted by Crippen LogP contribution is -2.29. The van der Waals surface area contributed by atoms with E-state index in [0.29, 0.717) is 6.42 Å². The van der Waals surface area contributed by atoms with E-state index >= 15 is 0 Å². The first kappa shape index (κ1) is 48.5. The van der Waals surface area contributed by atoms with Gasteiger partial charge in [0, 0.05) is 19.4 Å². The molecule has 0 fully saturated rings. The van der Waals surface area contributed by atoms with Crippen molar-refractivity contribution >= 4 is 19.8 Å². The Bertz CT molecular complexity index is 881. The van der Waals surface area contributed by atoms with E-state index in [1.807, 2.05) is 12.2 Å². The monoisotopic (exact) mass is 730 g/mol. The predicted molar refractivity (Wildman–Crippen MR) is 206 cm³/mol. The molecule has 2 atom stereocenters. The van der Waals surface area contributed by atoms with Gasteiger partial charge in [-0.15, -0.1) is 0 Å². The average molecular weight is 730 g/mol. The average Bonchev–Trinajstić information content (AvgIpc) is 3.10. The molecule has 0 rings (SSSR count). The quantitative estimate of drug-likeness (QED) is 0.0275. The van der Waals surface area contributed by atoms with Crippen LogP contribution in [-0.2, 0) is 32.7 Å². The van der Waals surface area contributed by atoms with Gasteiger partial charge in [-0.05, 0) is 32.1 Å². The number of allylic oxidation sites excluding steroid dienone is 4. The smallest absolute Gasteiger partial charge is 0.462 e. The maximum absolute atomic E-state index is 12.5. The molecule has 0 bridgehead atoms. The number of carbonyl (C=O) groups excluding carboxylic acids is 2. The lowest BCUT2D eigenvalue weighted by molar-refractivity contribution is -0.161. The highest BCUT2D eigenvalue weighted by Gasteiger charge is 2.25. The summed E-state index contributed by atoms with van der Waals surface area (Å²) in [5, 5.41) is 0. The van der Waals surface area contributed by atoms with Gasteiger partial charge in [0.05, 0.1) is 13.2 Å². The van der Waals surface area contributed by atoms with E-state index in [4.69, 9.17) is 24.3 Å². The number of carbonyl (C=O) groups is 2. The summed E-state index contributed by atoms with van der Waals surface area (Å²) >= 11 is 0. The third-order valence-corrected chi connectivity index (χ3v) is 9.59. The van der Waals surface area contributed by atoms with Gasteiger partial charge in [0.1, 0.15) is 6.61 Å². The van der Waals surface area contributed by atoms with Crippen molar-refractivity contribution in [3.8, 4) is 0 Å². The minimum Gasteiger partial charge on any atom is -0.462 e. The van der Waals surface area contributed by atoms with Gasteiger partial charge >= 0.3 is 19.8 Å². The van der Waals surface area contributed by atoms with Crippen molar-refractivity contribution in [3.05, 3.63) is 24.3 Å². The van der Waals surface area contributed by atoms with Crippen molar-refractivity contribution in [2.75, 3.05) is 26.4 Å². The molecule has 0 heterocycles. The van der Waals surface area contributed by atoms with Gasteiger partial charge < -0.3 is 20.1 Å². The first-order chi connectivity index (χ1) is 24.3. The first-order valence-electron chi connectivity index (χ1n) is 20.3. The number of nitrogens with two attached hydrogens (primary N) is 1. The van der Waals surface area contributed by atoms with Crippen LogP contribution in [0.3, 0.4) is 0 Å². The van der Waals surface area contributed by atoms with Gasteiger partial charge in [-0.2, -0.15) is 0 Å². The highest BCUT2D eigenvalue weighted by molar-refractivity contribution is 7.47. The Morgan fingerprint density at radius 1 is 0.600 bits per heavy atom. The zero-order valence-corrected chi connectivity index (χ0v) is 33.0. The molecule has 0 aliphatic rings. The molecule has 0 aromatic carbocycles. The SMILES string of the molecule is CCCCCCCCCC/C=C\C/C=C\CCC(=O)OC(COC(=O)CCCCCCCCCCCCCCCC)COP(=O)(O)OCCN. The third kappa shape index (κ3) is 36.3. The van der Waals surface area contributed by atoms with E-state index in [0.717, 1.165) is 32.1 Å². The van der Waals surface area contributed by atoms with Crippen molar-refractivity contribution < 1.29 is 37.6 Å². The Hall–Kier alpha value is -1.51. The summed E-state index contributed by atoms with van der Waals surface area (Å²) in [7, 11) is -4.38. The largest absolute Gasteiger partial charge is 0.472 e. The molecule has 0 aliphatic carbocycles. The number of phosphoric ester groups is 1. The van der Waals surface area contributed by atoms with Crippen molar-refractivity contribution in [2.45, 2.75) is 193 Å². The second-order valence-corrected chi connectivity index (χ2v) is 15.0. The molecule has 0 saturated carbocycles. The Morgan fingerprint density at radius 2 is 1.08 bits per heavy atom. The summed E-state index contributed by atoms with van der Waals surface area (Å²) in [6.07, 6.45) is 37.9. The minimum atomic E-state index is -4.38. The fourth-order valence-electron chi connectivity index (χ4n) is 5.57. The Morgan fingerprint density at radius 3 is 1.60 bits per heavy atom. The Labute approximate surface area is 306 Å². The molecule has 0 aromatic rings. The van der Waals surface area contributed by atoms with E-state index in [-0.39, 0.29) is 32.6 Å². The molecular weight excluding hydrogens is 653 g/mol. The lowest BCUT2D eigenvalue weighted by Gasteiger charge is -2.19. The number of unbranched alkanes of at least 4 members (excludes halogenated alkanes) is 21. The van der Waals surface area contributed by atoms with Crippen LogP contribution < -0.4 is 5.73 Å². The molecule has 10 heteroatoms. The molecule has 0 aromatic heterocycles. The molecule has 0 spiro atoms. The third-order valence-electron chi connectivity index (χ3n) is 8.60. The van der Waals surface area contributed by atoms with E-state index in [9.17, 15) is 19.0 Å². The number of hydrogen-bond acceptors (Lipinski definition) is 8. The maximum atomic E-state index is 12.5. The predicted octanol–water partition coefficient (Wildman–Crippen LogP) is 11.2. The van der Waals surface area contributed by atoms with Crippen molar-refractivity contribution in [1.82, 2.24) is 0 Å². The minimum absolute atomic E-state index is 0.0474. The van der Waals surface area contributed by atoms with Crippen molar-refractivity contribution in [2.24, 2.45) is 5.73 Å². The van der Waals surface area contributed by atoms with Crippen LogP contribution >= 0.6 is 7.82 Å². The molecule has 0 aliphatic heterocycles. The molecule has 2 unspecified atom stereocenters. The highest BCUT2D eigenvalue weighted by atomic mass is 31.2. The van der Waals surface area contributed by atoms with Gasteiger partial charge in [0.2, 0.25) is 0 Å². The summed E-state index contributed by atoms with van der Waals surface area (Å²) in [6.45, 7) is 3.67. The maximum Gasteiger partial charge on any atom is 0.472 e. The number of phosphoric acid groups is 1.